The van der Waals surface area contributed by atoms with Crippen LogP contribution in [0.15, 0.2) is 24.3 Å². The van der Waals surface area contributed by atoms with Crippen molar-refractivity contribution in [1.29, 1.82) is 0 Å². The van der Waals surface area contributed by atoms with Crippen LogP contribution < -0.4 is 0 Å². The molecule has 0 spiro atoms. The molecule has 0 amide bonds. The standard InChI is InChI=1S/C73H138O17P2/c1-6-9-12-15-17-19-21-23-25-26-27-28-29-30-32-34-36-38-43-48-53-58-72(77)90-69(63-84-71(76)57-52-47-42-37-35-33-31-24-22-20-18-16-13-10-7-2)65-88-92(81,82)86-61-67(74)60-85-91(79,80)87-64-68(62-83-70(75)56-51-45-14-11-8-3)89-73(78)59-54-49-44-40-39-41-46-50-55-66(4)5/h20,22,24,31,66-69,74H,6-19,21,23,25-30,32-65H2,1-5H3,(H,79,80)(H,81,82)/b22-20-,31-24-/t67-,68+,69+/m0/s1. The first-order valence-corrected chi connectivity index (χ1v) is 40.4. The van der Waals surface area contributed by atoms with E-state index in [0.717, 1.165) is 121 Å². The maximum atomic E-state index is 13.0. The van der Waals surface area contributed by atoms with Crippen LogP contribution in [0, 0.1) is 5.92 Å². The fourth-order valence-electron chi connectivity index (χ4n) is 10.6. The largest absolute Gasteiger partial charge is 0.472 e. The van der Waals surface area contributed by atoms with Crippen molar-refractivity contribution in [2.75, 3.05) is 39.6 Å². The predicted molar refractivity (Wildman–Crippen MR) is 372 cm³/mol. The number of hydrogen-bond acceptors (Lipinski definition) is 15. The number of carbonyl (C=O) groups is 4. The second kappa shape index (κ2) is 65.8. The van der Waals surface area contributed by atoms with E-state index in [9.17, 15) is 43.2 Å². The zero-order valence-corrected chi connectivity index (χ0v) is 61.0. The van der Waals surface area contributed by atoms with E-state index in [2.05, 4.69) is 58.9 Å². The summed E-state index contributed by atoms with van der Waals surface area (Å²) in [5.74, 6) is -1.45. The van der Waals surface area contributed by atoms with Gasteiger partial charge in [0.15, 0.2) is 12.2 Å². The molecule has 17 nitrogen and oxygen atoms in total. The highest BCUT2D eigenvalue weighted by Crippen LogP contribution is 2.45. The molecule has 92 heavy (non-hydrogen) atoms. The highest BCUT2D eigenvalue weighted by Gasteiger charge is 2.30. The Balaban J connectivity index is 5.15. The van der Waals surface area contributed by atoms with Gasteiger partial charge in [0.1, 0.15) is 19.3 Å². The number of rotatable bonds is 71. The van der Waals surface area contributed by atoms with Crippen molar-refractivity contribution in [2.24, 2.45) is 5.92 Å². The van der Waals surface area contributed by atoms with Gasteiger partial charge >= 0.3 is 39.5 Å². The summed E-state index contributed by atoms with van der Waals surface area (Å²) in [6, 6.07) is 0. The summed E-state index contributed by atoms with van der Waals surface area (Å²) in [5.41, 5.74) is 0. The molecule has 542 valence electrons. The molecule has 0 aromatic carbocycles. The van der Waals surface area contributed by atoms with Gasteiger partial charge in [-0.3, -0.25) is 37.3 Å². The Bertz CT molecular complexity index is 1860. The van der Waals surface area contributed by atoms with Crippen LogP contribution in [0.5, 0.6) is 0 Å². The first kappa shape index (κ1) is 89.5. The van der Waals surface area contributed by atoms with Gasteiger partial charge in [0.25, 0.3) is 0 Å². The van der Waals surface area contributed by atoms with E-state index in [-0.39, 0.29) is 25.7 Å². The topological polar surface area (TPSA) is 237 Å². The molecule has 5 atom stereocenters. The van der Waals surface area contributed by atoms with Crippen LogP contribution in [0.25, 0.3) is 0 Å². The molecular formula is C73H138O17P2. The molecule has 19 heteroatoms. The smallest absolute Gasteiger partial charge is 0.462 e. The molecule has 0 aliphatic heterocycles. The summed E-state index contributed by atoms with van der Waals surface area (Å²) >= 11 is 0. The quantitative estimate of drug-likeness (QED) is 0.0169. The van der Waals surface area contributed by atoms with Crippen molar-refractivity contribution in [3.05, 3.63) is 24.3 Å². The molecule has 2 unspecified atom stereocenters. The minimum atomic E-state index is -4.96. The van der Waals surface area contributed by atoms with Gasteiger partial charge in [-0.2, -0.15) is 0 Å². The van der Waals surface area contributed by atoms with E-state index in [1.54, 1.807) is 0 Å². The van der Waals surface area contributed by atoms with E-state index in [1.165, 1.54) is 154 Å². The van der Waals surface area contributed by atoms with Crippen molar-refractivity contribution in [2.45, 2.75) is 374 Å². The maximum absolute atomic E-state index is 13.0. The molecule has 0 aromatic heterocycles. The first-order chi connectivity index (χ1) is 44.5. The number of carbonyl (C=O) groups excluding carboxylic acids is 4. The Morgan fingerprint density at radius 3 is 0.891 bits per heavy atom. The molecule has 0 heterocycles. The van der Waals surface area contributed by atoms with Crippen LogP contribution in [0.3, 0.4) is 0 Å². The van der Waals surface area contributed by atoms with Gasteiger partial charge in [0.2, 0.25) is 0 Å². The summed E-state index contributed by atoms with van der Waals surface area (Å²) in [4.78, 5) is 72.3. The average Bonchev–Trinajstić information content (AvgIpc) is 3.56. The lowest BCUT2D eigenvalue weighted by molar-refractivity contribution is -0.161. The zero-order valence-electron chi connectivity index (χ0n) is 59.2. The van der Waals surface area contributed by atoms with E-state index >= 15 is 0 Å². The normalized spacial score (nSPS) is 14.2. The molecule has 0 radical (unpaired) electrons. The molecule has 0 fully saturated rings. The van der Waals surface area contributed by atoms with Crippen molar-refractivity contribution in [3.8, 4) is 0 Å². The average molecular weight is 1350 g/mol. The second-order valence-corrected chi connectivity index (χ2v) is 29.0. The lowest BCUT2D eigenvalue weighted by Gasteiger charge is -2.21. The molecule has 3 N–H and O–H groups in total. The summed E-state index contributed by atoms with van der Waals surface area (Å²) in [5, 5.41) is 10.6. The lowest BCUT2D eigenvalue weighted by atomic mass is 10.0. The monoisotopic (exact) mass is 1350 g/mol. The molecule has 0 aliphatic rings. The minimum absolute atomic E-state index is 0.101. The number of hydrogen-bond donors (Lipinski definition) is 3. The number of aliphatic hydroxyl groups excluding tert-OH is 1. The van der Waals surface area contributed by atoms with Crippen molar-refractivity contribution in [1.82, 2.24) is 0 Å². The third kappa shape index (κ3) is 66.2. The van der Waals surface area contributed by atoms with E-state index < -0.39 is 97.5 Å². The van der Waals surface area contributed by atoms with Crippen molar-refractivity contribution >= 4 is 39.5 Å². The second-order valence-electron chi connectivity index (χ2n) is 26.1. The number of ether oxygens (including phenoxy) is 4. The summed E-state index contributed by atoms with van der Waals surface area (Å²) in [6.45, 7) is 7.06. The number of phosphoric ester groups is 2. The maximum Gasteiger partial charge on any atom is 0.472 e. The number of allylic oxidation sites excluding steroid dienone is 4. The highest BCUT2D eigenvalue weighted by atomic mass is 31.2. The third-order valence-electron chi connectivity index (χ3n) is 16.4. The van der Waals surface area contributed by atoms with Gasteiger partial charge < -0.3 is 33.8 Å². The Morgan fingerprint density at radius 2 is 0.587 bits per heavy atom. The number of phosphoric acid groups is 2. The van der Waals surface area contributed by atoms with Crippen LogP contribution in [-0.2, 0) is 65.4 Å². The van der Waals surface area contributed by atoms with Gasteiger partial charge in [-0.25, -0.2) is 9.13 Å². The number of esters is 4. The Morgan fingerprint density at radius 1 is 0.337 bits per heavy atom. The Kier molecular flexibility index (Phi) is 64.0. The fourth-order valence-corrected chi connectivity index (χ4v) is 12.2. The predicted octanol–water partition coefficient (Wildman–Crippen LogP) is 20.9. The van der Waals surface area contributed by atoms with Gasteiger partial charge in [0.05, 0.1) is 26.4 Å². The van der Waals surface area contributed by atoms with Gasteiger partial charge in [-0.15, -0.1) is 0 Å². The minimum Gasteiger partial charge on any atom is -0.462 e. The van der Waals surface area contributed by atoms with Crippen LogP contribution in [-0.4, -0.2) is 96.7 Å². The van der Waals surface area contributed by atoms with Crippen LogP contribution in [0.1, 0.15) is 356 Å². The van der Waals surface area contributed by atoms with Gasteiger partial charge in [-0.05, 0) is 57.3 Å². The molecule has 0 rings (SSSR count). The SMILES string of the molecule is CCCCCC/C=C\C=C/CCCCCCCC(=O)OC[C@H](COP(=O)(O)OC[C@@H](O)COP(=O)(O)OC[C@@H](COC(=O)CCCCCCC)OC(=O)CCCCCCCCCCC(C)C)OC(=O)CCCCCCCCCCCCCCCCCCCCCCC. The summed E-state index contributed by atoms with van der Waals surface area (Å²) in [7, 11) is -9.90. The molecule has 0 saturated heterocycles. The molecule has 0 aromatic rings. The van der Waals surface area contributed by atoms with Gasteiger partial charge in [-0.1, -0.05) is 303 Å². The van der Waals surface area contributed by atoms with E-state index in [1.807, 2.05) is 0 Å². The van der Waals surface area contributed by atoms with Crippen molar-refractivity contribution < 1.29 is 80.2 Å². The van der Waals surface area contributed by atoms with Crippen LogP contribution >= 0.6 is 15.6 Å². The van der Waals surface area contributed by atoms with E-state index in [0.29, 0.717) is 25.7 Å². The van der Waals surface area contributed by atoms with Crippen LogP contribution in [0.2, 0.25) is 0 Å². The Hall–Kier alpha value is -2.46. The molecular weight excluding hydrogens is 1210 g/mol. The molecule has 0 saturated carbocycles. The zero-order chi connectivity index (χ0) is 67.7. The lowest BCUT2D eigenvalue weighted by Crippen LogP contribution is -2.30. The van der Waals surface area contributed by atoms with E-state index in [4.69, 9.17) is 37.0 Å². The number of unbranched alkanes of at least 4 members (excludes halogenated alkanes) is 40. The summed E-state index contributed by atoms with van der Waals surface area (Å²) in [6.07, 6.45) is 56.9. The highest BCUT2D eigenvalue weighted by molar-refractivity contribution is 7.47. The van der Waals surface area contributed by atoms with Gasteiger partial charge in [0, 0.05) is 25.7 Å². The summed E-state index contributed by atoms with van der Waals surface area (Å²) < 4.78 is 68.1. The molecule has 0 bridgehead atoms. The third-order valence-corrected chi connectivity index (χ3v) is 18.3. The first-order valence-electron chi connectivity index (χ1n) is 37.5. The fraction of sp³-hybridized carbons (Fsp3) is 0.890. The van der Waals surface area contributed by atoms with Crippen LogP contribution in [0.4, 0.5) is 0 Å². The number of aliphatic hydroxyl groups is 1. The van der Waals surface area contributed by atoms with Crippen molar-refractivity contribution in [3.63, 3.8) is 0 Å². The molecule has 0 aliphatic carbocycles. The Labute approximate surface area is 561 Å².